The van der Waals surface area contributed by atoms with Crippen LogP contribution in [-0.2, 0) is 17.8 Å². The first-order valence-electron chi connectivity index (χ1n) is 8.16. The third kappa shape index (κ3) is 4.24. The lowest BCUT2D eigenvalue weighted by molar-refractivity contribution is 0.0342. The lowest BCUT2D eigenvalue weighted by Gasteiger charge is -2.27. The van der Waals surface area contributed by atoms with Gasteiger partial charge in [-0.15, -0.1) is 0 Å². The minimum absolute atomic E-state index is 0.828. The van der Waals surface area contributed by atoms with Crippen molar-refractivity contribution in [1.82, 2.24) is 4.90 Å². The quantitative estimate of drug-likeness (QED) is 0.862. The van der Waals surface area contributed by atoms with Crippen molar-refractivity contribution in [2.24, 2.45) is 0 Å². The first-order valence-corrected chi connectivity index (χ1v) is 8.16. The second-order valence-electron chi connectivity index (χ2n) is 6.12. The molecule has 1 aliphatic heterocycles. The Morgan fingerprint density at radius 3 is 2.52 bits per heavy atom. The van der Waals surface area contributed by atoms with Gasteiger partial charge >= 0.3 is 0 Å². The molecule has 0 aromatic heterocycles. The fourth-order valence-electron chi connectivity index (χ4n) is 2.98. The lowest BCUT2D eigenvalue weighted by Crippen LogP contribution is -2.35. The number of rotatable bonds is 5. The van der Waals surface area contributed by atoms with Crippen molar-refractivity contribution in [3.8, 4) is 0 Å². The van der Waals surface area contributed by atoms with Crippen molar-refractivity contribution in [3.63, 3.8) is 0 Å². The Morgan fingerprint density at radius 1 is 1.04 bits per heavy atom. The van der Waals surface area contributed by atoms with E-state index in [0.29, 0.717) is 0 Å². The van der Waals surface area contributed by atoms with Gasteiger partial charge in [-0.25, -0.2) is 0 Å². The van der Waals surface area contributed by atoms with E-state index in [1.54, 1.807) is 0 Å². The summed E-state index contributed by atoms with van der Waals surface area (Å²) in [6.45, 7) is 5.46. The molecule has 4 heteroatoms. The van der Waals surface area contributed by atoms with Crippen LogP contribution in [0.2, 0.25) is 0 Å². The molecule has 0 amide bonds. The van der Waals surface area contributed by atoms with Gasteiger partial charge in [0.05, 0.1) is 24.6 Å². The molecular weight excluding hydrogens is 286 g/mol. The predicted molar refractivity (Wildman–Crippen MR) is 95.5 cm³/mol. The largest absolute Gasteiger partial charge is 0.397 e. The molecule has 2 aromatic carbocycles. The van der Waals surface area contributed by atoms with Gasteiger partial charge in [0.2, 0.25) is 0 Å². The Hall–Kier alpha value is -2.04. The van der Waals surface area contributed by atoms with Gasteiger partial charge in [-0.2, -0.15) is 0 Å². The number of morpholine rings is 1. The Bertz CT molecular complexity index is 624. The highest BCUT2D eigenvalue weighted by atomic mass is 16.5. The van der Waals surface area contributed by atoms with Crippen LogP contribution < -0.4 is 10.6 Å². The number of ether oxygens (including phenoxy) is 1. The van der Waals surface area contributed by atoms with Crippen LogP contribution in [0.4, 0.5) is 11.4 Å². The molecule has 0 bridgehead atoms. The highest BCUT2D eigenvalue weighted by Gasteiger charge is 2.13. The van der Waals surface area contributed by atoms with Gasteiger partial charge < -0.3 is 15.4 Å². The zero-order valence-corrected chi connectivity index (χ0v) is 13.7. The van der Waals surface area contributed by atoms with Crippen LogP contribution in [0.1, 0.15) is 11.1 Å². The third-order valence-corrected chi connectivity index (χ3v) is 4.28. The monoisotopic (exact) mass is 311 g/mol. The van der Waals surface area contributed by atoms with Crippen molar-refractivity contribution in [2.75, 3.05) is 44.0 Å². The summed E-state index contributed by atoms with van der Waals surface area (Å²) in [6, 6.07) is 16.8. The Morgan fingerprint density at radius 2 is 1.78 bits per heavy atom. The van der Waals surface area contributed by atoms with E-state index in [0.717, 1.165) is 50.8 Å². The number of hydrogen-bond donors (Lipinski definition) is 1. The van der Waals surface area contributed by atoms with Gasteiger partial charge in [0.1, 0.15) is 0 Å². The average molecular weight is 311 g/mol. The fourth-order valence-corrected chi connectivity index (χ4v) is 2.98. The molecule has 1 saturated heterocycles. The molecule has 0 atom stereocenters. The molecule has 0 spiro atoms. The van der Waals surface area contributed by atoms with Crippen LogP contribution in [-0.4, -0.2) is 38.3 Å². The molecule has 2 N–H and O–H groups in total. The van der Waals surface area contributed by atoms with Crippen molar-refractivity contribution in [1.29, 1.82) is 0 Å². The molecule has 0 unspecified atom stereocenters. The van der Waals surface area contributed by atoms with Crippen molar-refractivity contribution >= 4 is 11.4 Å². The maximum Gasteiger partial charge on any atom is 0.0603 e. The van der Waals surface area contributed by atoms with Crippen LogP contribution in [0.25, 0.3) is 0 Å². The molecule has 2 aromatic rings. The van der Waals surface area contributed by atoms with Gasteiger partial charge in [0, 0.05) is 33.2 Å². The second-order valence-corrected chi connectivity index (χ2v) is 6.12. The van der Waals surface area contributed by atoms with E-state index < -0.39 is 0 Å². The standard InChI is InChI=1S/C19H25N3O/c1-21(14-16-5-3-2-4-6-16)19-13-17(7-8-18(19)20)15-22-9-11-23-12-10-22/h2-8,13H,9-12,14-15,20H2,1H3. The number of nitrogen functional groups attached to an aromatic ring is 1. The van der Waals surface area contributed by atoms with E-state index in [4.69, 9.17) is 10.5 Å². The fraction of sp³-hybridized carbons (Fsp3) is 0.368. The topological polar surface area (TPSA) is 41.7 Å². The summed E-state index contributed by atoms with van der Waals surface area (Å²) in [5.41, 5.74) is 10.7. The van der Waals surface area contributed by atoms with Gasteiger partial charge in [-0.1, -0.05) is 36.4 Å². The molecule has 1 heterocycles. The predicted octanol–water partition coefficient (Wildman–Crippen LogP) is 2.74. The van der Waals surface area contributed by atoms with Gasteiger partial charge in [-0.3, -0.25) is 4.90 Å². The highest BCUT2D eigenvalue weighted by molar-refractivity contribution is 5.68. The molecule has 0 saturated carbocycles. The van der Waals surface area contributed by atoms with Crippen molar-refractivity contribution < 1.29 is 4.74 Å². The van der Waals surface area contributed by atoms with Gasteiger partial charge in [-0.05, 0) is 23.3 Å². The van der Waals surface area contributed by atoms with Crippen LogP contribution in [0.15, 0.2) is 48.5 Å². The highest BCUT2D eigenvalue weighted by Crippen LogP contribution is 2.26. The van der Waals surface area contributed by atoms with E-state index in [1.807, 2.05) is 12.1 Å². The molecule has 3 rings (SSSR count). The van der Waals surface area contributed by atoms with E-state index >= 15 is 0 Å². The maximum atomic E-state index is 6.20. The number of anilines is 2. The van der Waals surface area contributed by atoms with E-state index in [-0.39, 0.29) is 0 Å². The summed E-state index contributed by atoms with van der Waals surface area (Å²) in [5, 5.41) is 0. The smallest absolute Gasteiger partial charge is 0.0603 e. The number of benzene rings is 2. The lowest BCUT2D eigenvalue weighted by atomic mass is 10.1. The van der Waals surface area contributed by atoms with Crippen LogP contribution in [0.5, 0.6) is 0 Å². The molecular formula is C19H25N3O. The Kier molecular flexibility index (Phi) is 5.16. The van der Waals surface area contributed by atoms with Crippen molar-refractivity contribution in [2.45, 2.75) is 13.1 Å². The molecule has 23 heavy (non-hydrogen) atoms. The SMILES string of the molecule is CN(Cc1ccccc1)c1cc(CN2CCOCC2)ccc1N. The maximum absolute atomic E-state index is 6.20. The minimum atomic E-state index is 0.828. The number of nitrogens with zero attached hydrogens (tertiary/aromatic N) is 2. The molecule has 0 aliphatic carbocycles. The van der Waals surface area contributed by atoms with Crippen molar-refractivity contribution in [3.05, 3.63) is 59.7 Å². The first kappa shape index (κ1) is 15.8. The second kappa shape index (κ2) is 7.49. The van der Waals surface area contributed by atoms with E-state index in [1.165, 1.54) is 11.1 Å². The number of hydrogen-bond acceptors (Lipinski definition) is 4. The van der Waals surface area contributed by atoms with Crippen LogP contribution in [0.3, 0.4) is 0 Å². The zero-order valence-electron chi connectivity index (χ0n) is 13.7. The molecule has 1 fully saturated rings. The average Bonchev–Trinajstić information content (AvgIpc) is 2.58. The Balaban J connectivity index is 1.71. The molecule has 1 aliphatic rings. The van der Waals surface area contributed by atoms with Gasteiger partial charge in [0.15, 0.2) is 0 Å². The summed E-state index contributed by atoms with van der Waals surface area (Å²) >= 11 is 0. The third-order valence-electron chi connectivity index (χ3n) is 4.28. The van der Waals surface area contributed by atoms with Crippen LogP contribution >= 0.6 is 0 Å². The summed E-state index contributed by atoms with van der Waals surface area (Å²) in [4.78, 5) is 4.64. The summed E-state index contributed by atoms with van der Waals surface area (Å²) in [7, 11) is 2.09. The van der Waals surface area contributed by atoms with E-state index in [2.05, 4.69) is 53.2 Å². The van der Waals surface area contributed by atoms with E-state index in [9.17, 15) is 0 Å². The van der Waals surface area contributed by atoms with Gasteiger partial charge in [0.25, 0.3) is 0 Å². The number of nitrogens with two attached hydrogens (primary N) is 1. The molecule has 0 radical (unpaired) electrons. The summed E-state index contributed by atoms with van der Waals surface area (Å²) in [5.74, 6) is 0. The zero-order chi connectivity index (χ0) is 16.1. The Labute approximate surface area is 138 Å². The summed E-state index contributed by atoms with van der Waals surface area (Å²) in [6.07, 6.45) is 0. The molecule has 122 valence electrons. The minimum Gasteiger partial charge on any atom is -0.397 e. The first-order chi connectivity index (χ1) is 11.2. The normalized spacial score (nSPS) is 15.5. The summed E-state index contributed by atoms with van der Waals surface area (Å²) < 4.78 is 5.41. The van der Waals surface area contributed by atoms with Crippen LogP contribution in [0, 0.1) is 0 Å². The molecule has 4 nitrogen and oxygen atoms in total.